The Kier molecular flexibility index (Phi) is 6.41. The SMILES string of the molecule is [C-]#[N+]c1c(OC(=O)C2CCC(OCOCC3CO3)CC2)ccc(C)c1C#N. The second-order valence-corrected chi connectivity index (χ2v) is 6.83. The van der Waals surface area contributed by atoms with Gasteiger partial charge in [0.25, 0.3) is 0 Å². The van der Waals surface area contributed by atoms with Crippen LogP contribution in [0.2, 0.25) is 0 Å². The zero-order valence-corrected chi connectivity index (χ0v) is 15.3. The maximum absolute atomic E-state index is 12.5. The summed E-state index contributed by atoms with van der Waals surface area (Å²) in [5.41, 5.74) is 1.04. The van der Waals surface area contributed by atoms with Crippen molar-refractivity contribution in [1.82, 2.24) is 0 Å². The summed E-state index contributed by atoms with van der Waals surface area (Å²) in [6.45, 7) is 10.6. The van der Waals surface area contributed by atoms with Crippen molar-refractivity contribution >= 4 is 11.7 Å². The summed E-state index contributed by atoms with van der Waals surface area (Å²) in [7, 11) is 0. The molecule has 0 aromatic heterocycles. The van der Waals surface area contributed by atoms with Gasteiger partial charge in [0.05, 0.1) is 43.4 Å². The predicted molar refractivity (Wildman–Crippen MR) is 95.2 cm³/mol. The van der Waals surface area contributed by atoms with Crippen LogP contribution in [-0.2, 0) is 19.0 Å². The maximum atomic E-state index is 12.5. The van der Waals surface area contributed by atoms with Gasteiger partial charge in [-0.2, -0.15) is 5.26 Å². The van der Waals surface area contributed by atoms with Gasteiger partial charge >= 0.3 is 5.97 Å². The molecule has 1 aromatic carbocycles. The third kappa shape index (κ3) is 5.05. The van der Waals surface area contributed by atoms with E-state index in [2.05, 4.69) is 4.85 Å². The molecule has 1 heterocycles. The highest BCUT2D eigenvalue weighted by Crippen LogP contribution is 2.35. The number of hydrogen-bond acceptors (Lipinski definition) is 6. The van der Waals surface area contributed by atoms with E-state index in [-0.39, 0.29) is 47.9 Å². The first-order chi connectivity index (χ1) is 13.1. The number of hydrogen-bond donors (Lipinski definition) is 0. The molecular weight excluding hydrogens is 348 g/mol. The molecule has 0 amide bonds. The van der Waals surface area contributed by atoms with Crippen LogP contribution in [0.5, 0.6) is 5.75 Å². The number of esters is 1. The van der Waals surface area contributed by atoms with Crippen LogP contribution in [0.1, 0.15) is 36.8 Å². The molecule has 3 rings (SSSR count). The number of nitrogens with zero attached hydrogens (tertiary/aromatic N) is 2. The lowest BCUT2D eigenvalue weighted by Crippen LogP contribution is -2.29. The van der Waals surface area contributed by atoms with Gasteiger partial charge < -0.3 is 18.9 Å². The molecule has 0 N–H and O–H groups in total. The fourth-order valence-corrected chi connectivity index (χ4v) is 3.15. The Labute approximate surface area is 158 Å². The number of ether oxygens (including phenoxy) is 4. The Morgan fingerprint density at radius 3 is 2.74 bits per heavy atom. The third-order valence-corrected chi connectivity index (χ3v) is 4.88. The lowest BCUT2D eigenvalue weighted by atomic mass is 9.87. The second-order valence-electron chi connectivity index (χ2n) is 6.83. The van der Waals surface area contributed by atoms with E-state index in [1.165, 1.54) is 0 Å². The summed E-state index contributed by atoms with van der Waals surface area (Å²) < 4.78 is 21.6. The Balaban J connectivity index is 1.48. The smallest absolute Gasteiger partial charge is 0.313 e. The van der Waals surface area contributed by atoms with E-state index in [9.17, 15) is 10.1 Å². The minimum atomic E-state index is -0.353. The molecule has 27 heavy (non-hydrogen) atoms. The zero-order chi connectivity index (χ0) is 19.2. The Hall–Kier alpha value is -2.45. The highest BCUT2D eigenvalue weighted by molar-refractivity contribution is 5.79. The molecule has 1 atom stereocenters. The lowest BCUT2D eigenvalue weighted by molar-refractivity contribution is -0.143. The second kappa shape index (κ2) is 8.96. The Morgan fingerprint density at radius 2 is 2.11 bits per heavy atom. The van der Waals surface area contributed by atoms with Gasteiger partial charge in [-0.05, 0) is 44.2 Å². The first-order valence-corrected chi connectivity index (χ1v) is 9.06. The minimum Gasteiger partial charge on any atom is -0.438 e. The molecule has 7 nitrogen and oxygen atoms in total. The molecule has 1 aliphatic carbocycles. The van der Waals surface area contributed by atoms with Crippen molar-refractivity contribution in [2.45, 2.75) is 44.8 Å². The first-order valence-electron chi connectivity index (χ1n) is 9.06. The summed E-state index contributed by atoms with van der Waals surface area (Å²) in [5, 5.41) is 9.22. The van der Waals surface area contributed by atoms with Crippen molar-refractivity contribution in [2.75, 3.05) is 20.0 Å². The Bertz CT molecular complexity index is 768. The van der Waals surface area contributed by atoms with Crippen molar-refractivity contribution in [3.8, 4) is 11.8 Å². The quantitative estimate of drug-likeness (QED) is 0.183. The van der Waals surface area contributed by atoms with Crippen molar-refractivity contribution in [3.63, 3.8) is 0 Å². The van der Waals surface area contributed by atoms with Gasteiger partial charge in [0.15, 0.2) is 0 Å². The van der Waals surface area contributed by atoms with Gasteiger partial charge in [-0.15, -0.1) is 0 Å². The molecule has 7 heteroatoms. The van der Waals surface area contributed by atoms with E-state index >= 15 is 0 Å². The summed E-state index contributed by atoms with van der Waals surface area (Å²) >= 11 is 0. The fourth-order valence-electron chi connectivity index (χ4n) is 3.15. The summed E-state index contributed by atoms with van der Waals surface area (Å²) in [6, 6.07) is 5.28. The summed E-state index contributed by atoms with van der Waals surface area (Å²) in [5.74, 6) is -0.421. The van der Waals surface area contributed by atoms with Crippen LogP contribution in [0.25, 0.3) is 4.85 Å². The normalized spacial score (nSPS) is 23.9. The van der Waals surface area contributed by atoms with Gasteiger partial charge in [-0.3, -0.25) is 4.79 Å². The average molecular weight is 370 g/mol. The van der Waals surface area contributed by atoms with Gasteiger partial charge in [0, 0.05) is 0 Å². The molecule has 2 fully saturated rings. The van der Waals surface area contributed by atoms with Gasteiger partial charge in [0.2, 0.25) is 5.69 Å². The number of epoxide rings is 1. The van der Waals surface area contributed by atoms with Gasteiger partial charge in [-0.1, -0.05) is 6.07 Å². The third-order valence-electron chi connectivity index (χ3n) is 4.88. The van der Waals surface area contributed by atoms with Crippen LogP contribution in [0.15, 0.2) is 12.1 Å². The zero-order valence-electron chi connectivity index (χ0n) is 15.3. The molecule has 1 saturated carbocycles. The first kappa shape index (κ1) is 19.3. The number of nitriles is 1. The monoisotopic (exact) mass is 370 g/mol. The fraction of sp³-hybridized carbons (Fsp3) is 0.550. The van der Waals surface area contributed by atoms with E-state index in [1.54, 1.807) is 19.1 Å². The number of carbonyl (C=O) groups excluding carboxylic acids is 1. The van der Waals surface area contributed by atoms with Gasteiger partial charge in [0.1, 0.15) is 18.6 Å². The summed E-state index contributed by atoms with van der Waals surface area (Å²) in [4.78, 5) is 15.9. The van der Waals surface area contributed by atoms with E-state index in [0.717, 1.165) is 19.4 Å². The van der Waals surface area contributed by atoms with E-state index < -0.39 is 0 Å². The topological polar surface area (TPSA) is 85.4 Å². The lowest BCUT2D eigenvalue weighted by Gasteiger charge is -2.27. The largest absolute Gasteiger partial charge is 0.438 e. The molecule has 1 aromatic rings. The molecule has 1 saturated heterocycles. The number of aryl methyl sites for hydroxylation is 1. The van der Waals surface area contributed by atoms with Gasteiger partial charge in [-0.25, -0.2) is 4.85 Å². The molecule has 142 valence electrons. The van der Waals surface area contributed by atoms with Crippen LogP contribution in [0.4, 0.5) is 5.69 Å². The van der Waals surface area contributed by atoms with Crippen molar-refractivity contribution in [3.05, 3.63) is 34.7 Å². The molecule has 0 spiro atoms. The predicted octanol–water partition coefficient (Wildman–Crippen LogP) is 3.27. The highest BCUT2D eigenvalue weighted by atomic mass is 16.7. The van der Waals surface area contributed by atoms with Crippen molar-refractivity contribution in [2.24, 2.45) is 5.92 Å². The van der Waals surface area contributed by atoms with Crippen LogP contribution >= 0.6 is 0 Å². The van der Waals surface area contributed by atoms with E-state index in [1.807, 2.05) is 6.07 Å². The molecule has 0 radical (unpaired) electrons. The highest BCUT2D eigenvalue weighted by Gasteiger charge is 2.29. The van der Waals surface area contributed by atoms with Crippen LogP contribution < -0.4 is 4.74 Å². The number of carbonyl (C=O) groups is 1. The molecule has 1 aliphatic heterocycles. The van der Waals surface area contributed by atoms with Crippen LogP contribution in [0, 0.1) is 30.7 Å². The Morgan fingerprint density at radius 1 is 1.37 bits per heavy atom. The number of rotatable bonds is 7. The van der Waals surface area contributed by atoms with Crippen molar-refractivity contribution < 1.29 is 23.7 Å². The molecule has 1 unspecified atom stereocenters. The van der Waals surface area contributed by atoms with Crippen molar-refractivity contribution in [1.29, 1.82) is 5.26 Å². The maximum Gasteiger partial charge on any atom is 0.313 e. The minimum absolute atomic E-state index is 0.0811. The average Bonchev–Trinajstić information content (AvgIpc) is 3.51. The standard InChI is InChI=1S/C20H22N2O5/c1-13-3-8-18(19(22-2)17(13)9-21)27-20(23)14-4-6-15(7-5-14)26-12-24-10-16-11-25-16/h3,8,14-16H,4-7,10-12H2,1H3. The summed E-state index contributed by atoms with van der Waals surface area (Å²) in [6.07, 6.45) is 3.16. The van der Waals surface area contributed by atoms with E-state index in [4.69, 9.17) is 25.5 Å². The van der Waals surface area contributed by atoms with E-state index in [0.29, 0.717) is 25.0 Å². The molecule has 0 bridgehead atoms. The van der Waals surface area contributed by atoms with Crippen LogP contribution in [-0.4, -0.2) is 38.2 Å². The molecule has 2 aliphatic rings. The van der Waals surface area contributed by atoms with Crippen LogP contribution in [0.3, 0.4) is 0 Å². The molecular formula is C20H22N2O5. The number of benzene rings is 1.